The molecule has 1 aromatic carbocycles. The number of para-hydroxylation sites is 1. The lowest BCUT2D eigenvalue weighted by atomic mass is 10.2. The van der Waals surface area contributed by atoms with Crippen molar-refractivity contribution >= 4 is 23.5 Å². The van der Waals surface area contributed by atoms with E-state index in [9.17, 15) is 4.79 Å². The lowest BCUT2D eigenvalue weighted by Gasteiger charge is -2.09. The molecule has 0 radical (unpaired) electrons. The second kappa shape index (κ2) is 6.85. The van der Waals surface area contributed by atoms with Gasteiger partial charge in [-0.05, 0) is 30.2 Å². The van der Waals surface area contributed by atoms with Crippen molar-refractivity contribution in [3.8, 4) is 11.8 Å². The third-order valence-corrected chi connectivity index (χ3v) is 2.64. The first kappa shape index (κ1) is 15.0. The zero-order chi connectivity index (χ0) is 15.2. The molecule has 1 aromatic heterocycles. The number of benzene rings is 1. The van der Waals surface area contributed by atoms with Gasteiger partial charge in [0.2, 0.25) is 11.2 Å². The smallest absolute Gasteiger partial charge is 0.328 e. The quantitative estimate of drug-likeness (QED) is 0.848. The summed E-state index contributed by atoms with van der Waals surface area (Å²) in [5, 5.41) is 2.98. The third-order valence-electron chi connectivity index (χ3n) is 2.47. The number of carbonyl (C=O) groups excluding carboxylic acids is 1. The van der Waals surface area contributed by atoms with Gasteiger partial charge in [-0.25, -0.2) is 0 Å². The monoisotopic (exact) mass is 307 g/mol. The number of nitrogens with one attached hydrogen (secondary N) is 1. The Labute approximate surface area is 126 Å². The number of primary amides is 1. The highest BCUT2D eigenvalue weighted by atomic mass is 35.5. The molecule has 0 unspecified atom stereocenters. The van der Waals surface area contributed by atoms with E-state index in [2.05, 4.69) is 20.3 Å². The van der Waals surface area contributed by atoms with E-state index in [0.717, 1.165) is 6.42 Å². The average molecular weight is 308 g/mol. The topological polar surface area (TPSA) is 103 Å². The summed E-state index contributed by atoms with van der Waals surface area (Å²) in [4.78, 5) is 23.2. The Hall–Kier alpha value is -2.41. The lowest BCUT2D eigenvalue weighted by molar-refractivity contribution is 0.0998. The van der Waals surface area contributed by atoms with Crippen LogP contribution in [0.25, 0.3) is 0 Å². The fraction of sp³-hybridized carbons (Fsp3) is 0.231. The number of anilines is 1. The summed E-state index contributed by atoms with van der Waals surface area (Å²) in [6.45, 7) is 2.70. The van der Waals surface area contributed by atoms with Crippen LogP contribution in [0, 0.1) is 0 Å². The highest BCUT2D eigenvalue weighted by Gasteiger charge is 2.12. The Bertz CT molecular complexity index is 650. The number of carbonyl (C=O) groups is 1. The zero-order valence-electron chi connectivity index (χ0n) is 11.3. The van der Waals surface area contributed by atoms with E-state index in [4.69, 9.17) is 22.1 Å². The fourth-order valence-corrected chi connectivity index (χ4v) is 1.70. The minimum absolute atomic E-state index is 0.00448. The molecule has 3 N–H and O–H groups in total. The van der Waals surface area contributed by atoms with Gasteiger partial charge in [-0.1, -0.05) is 19.1 Å². The number of aromatic nitrogens is 3. The number of ether oxygens (including phenoxy) is 1. The molecule has 2 rings (SSSR count). The Kier molecular flexibility index (Phi) is 4.89. The first-order chi connectivity index (χ1) is 10.1. The van der Waals surface area contributed by atoms with Crippen LogP contribution in [0.5, 0.6) is 11.8 Å². The van der Waals surface area contributed by atoms with Crippen LogP contribution >= 0.6 is 11.6 Å². The van der Waals surface area contributed by atoms with Gasteiger partial charge in [-0.3, -0.25) is 4.79 Å². The Morgan fingerprint density at radius 2 is 2.10 bits per heavy atom. The number of halogens is 1. The van der Waals surface area contributed by atoms with Gasteiger partial charge in [0.05, 0.1) is 5.56 Å². The van der Waals surface area contributed by atoms with Gasteiger partial charge < -0.3 is 15.8 Å². The summed E-state index contributed by atoms with van der Waals surface area (Å²) >= 11 is 5.82. The molecule has 1 amide bonds. The molecule has 0 bridgehead atoms. The van der Waals surface area contributed by atoms with Crippen molar-refractivity contribution < 1.29 is 9.53 Å². The molecule has 0 fully saturated rings. The van der Waals surface area contributed by atoms with Gasteiger partial charge in [0.15, 0.2) is 0 Å². The molecule has 0 saturated heterocycles. The number of hydrogen-bond acceptors (Lipinski definition) is 6. The molecular weight excluding hydrogens is 294 g/mol. The molecule has 110 valence electrons. The van der Waals surface area contributed by atoms with Crippen LogP contribution in [-0.4, -0.2) is 27.4 Å². The van der Waals surface area contributed by atoms with E-state index in [1.165, 1.54) is 0 Å². The van der Waals surface area contributed by atoms with Crippen molar-refractivity contribution in [3.63, 3.8) is 0 Å². The minimum Gasteiger partial charge on any atom is -0.423 e. The maximum Gasteiger partial charge on any atom is 0.328 e. The van der Waals surface area contributed by atoms with Crippen LogP contribution in [0.2, 0.25) is 5.28 Å². The molecule has 21 heavy (non-hydrogen) atoms. The Morgan fingerprint density at radius 3 is 2.81 bits per heavy atom. The van der Waals surface area contributed by atoms with Gasteiger partial charge in [0.25, 0.3) is 5.91 Å². The predicted octanol–water partition coefficient (Wildman–Crippen LogP) is 2.24. The fourth-order valence-electron chi connectivity index (χ4n) is 1.55. The van der Waals surface area contributed by atoms with Crippen molar-refractivity contribution in [2.24, 2.45) is 5.73 Å². The van der Waals surface area contributed by atoms with Crippen molar-refractivity contribution in [1.29, 1.82) is 0 Å². The summed E-state index contributed by atoms with van der Waals surface area (Å²) in [6.07, 6.45) is 0.907. The van der Waals surface area contributed by atoms with Crippen molar-refractivity contribution in [3.05, 3.63) is 35.1 Å². The number of amides is 1. The van der Waals surface area contributed by atoms with E-state index < -0.39 is 5.91 Å². The molecule has 0 saturated carbocycles. The maximum absolute atomic E-state index is 11.3. The average Bonchev–Trinajstić information content (AvgIpc) is 2.45. The van der Waals surface area contributed by atoms with Crippen LogP contribution in [0.1, 0.15) is 23.7 Å². The summed E-state index contributed by atoms with van der Waals surface area (Å²) in [5.74, 6) is -0.0350. The van der Waals surface area contributed by atoms with Crippen molar-refractivity contribution in [1.82, 2.24) is 15.0 Å². The Balaban J connectivity index is 2.27. The van der Waals surface area contributed by atoms with Gasteiger partial charge >= 0.3 is 6.01 Å². The molecule has 0 aliphatic carbocycles. The predicted molar refractivity (Wildman–Crippen MR) is 78.7 cm³/mol. The zero-order valence-corrected chi connectivity index (χ0v) is 12.1. The second-order valence-electron chi connectivity index (χ2n) is 4.10. The number of hydrogen-bond donors (Lipinski definition) is 2. The highest BCUT2D eigenvalue weighted by Crippen LogP contribution is 2.23. The Morgan fingerprint density at radius 1 is 1.33 bits per heavy atom. The largest absolute Gasteiger partial charge is 0.423 e. The van der Waals surface area contributed by atoms with E-state index in [0.29, 0.717) is 12.5 Å². The SMILES string of the molecule is CCCNc1nc(Cl)nc(Oc2ccccc2C(N)=O)n1. The molecule has 8 heteroatoms. The van der Waals surface area contributed by atoms with Gasteiger partial charge in [0, 0.05) is 6.54 Å². The van der Waals surface area contributed by atoms with Gasteiger partial charge in [0.1, 0.15) is 5.75 Å². The summed E-state index contributed by atoms with van der Waals surface area (Å²) in [6, 6.07) is 6.53. The van der Waals surface area contributed by atoms with E-state index in [1.54, 1.807) is 24.3 Å². The van der Waals surface area contributed by atoms with Crippen LogP contribution in [-0.2, 0) is 0 Å². The minimum atomic E-state index is -0.602. The van der Waals surface area contributed by atoms with E-state index in [-0.39, 0.29) is 22.6 Å². The summed E-state index contributed by atoms with van der Waals surface area (Å²) in [5.41, 5.74) is 5.52. The highest BCUT2D eigenvalue weighted by molar-refractivity contribution is 6.28. The molecule has 2 aromatic rings. The van der Waals surface area contributed by atoms with Crippen molar-refractivity contribution in [2.75, 3.05) is 11.9 Å². The molecule has 0 atom stereocenters. The van der Waals surface area contributed by atoms with E-state index in [1.807, 2.05) is 6.92 Å². The number of nitrogens with zero attached hydrogens (tertiary/aromatic N) is 3. The molecular formula is C13H14ClN5O2. The molecule has 0 aliphatic rings. The maximum atomic E-state index is 11.3. The molecule has 1 heterocycles. The summed E-state index contributed by atoms with van der Waals surface area (Å²) in [7, 11) is 0. The van der Waals surface area contributed by atoms with Crippen LogP contribution in [0.4, 0.5) is 5.95 Å². The second-order valence-corrected chi connectivity index (χ2v) is 4.44. The number of nitrogens with two attached hydrogens (primary N) is 1. The first-order valence-electron chi connectivity index (χ1n) is 6.32. The molecule has 0 spiro atoms. The summed E-state index contributed by atoms with van der Waals surface area (Å²) < 4.78 is 5.48. The standard InChI is InChI=1S/C13H14ClN5O2/c1-2-7-16-12-17-11(14)18-13(19-12)21-9-6-4-3-5-8(9)10(15)20/h3-6H,2,7H2,1H3,(H2,15,20)(H,16,17,18,19). The molecule has 0 aliphatic heterocycles. The van der Waals surface area contributed by atoms with Crippen LogP contribution in [0.15, 0.2) is 24.3 Å². The van der Waals surface area contributed by atoms with E-state index >= 15 is 0 Å². The normalized spacial score (nSPS) is 10.2. The van der Waals surface area contributed by atoms with Gasteiger partial charge in [-0.15, -0.1) is 0 Å². The van der Waals surface area contributed by atoms with Gasteiger partial charge in [-0.2, -0.15) is 15.0 Å². The number of rotatable bonds is 6. The third kappa shape index (κ3) is 4.03. The first-order valence-corrected chi connectivity index (χ1v) is 6.70. The van der Waals surface area contributed by atoms with Crippen LogP contribution < -0.4 is 15.8 Å². The van der Waals surface area contributed by atoms with Crippen molar-refractivity contribution in [2.45, 2.75) is 13.3 Å². The lowest BCUT2D eigenvalue weighted by Crippen LogP contribution is -2.12. The molecule has 7 nitrogen and oxygen atoms in total. The van der Waals surface area contributed by atoms with Crippen LogP contribution in [0.3, 0.4) is 0 Å².